The molecule has 1 heterocycles. The highest BCUT2D eigenvalue weighted by Crippen LogP contribution is 2.29. The molecule has 1 unspecified atom stereocenters. The topological polar surface area (TPSA) is 85.4 Å². The Bertz CT molecular complexity index is 1130. The summed E-state index contributed by atoms with van der Waals surface area (Å²) >= 11 is 0. The molecule has 3 aromatic rings. The number of methoxy groups -OCH3 is 1. The Balaban J connectivity index is 1.79. The number of carbonyl (C=O) groups excluding carboxylic acids is 1. The zero-order valence-corrected chi connectivity index (χ0v) is 19.3. The molecule has 0 aliphatic rings. The molecule has 0 bridgehead atoms. The predicted molar refractivity (Wildman–Crippen MR) is 124 cm³/mol. The number of amides is 1. The fourth-order valence-electron chi connectivity index (χ4n) is 3.38. The van der Waals surface area contributed by atoms with Crippen LogP contribution in [0, 0.1) is 0 Å². The van der Waals surface area contributed by atoms with Crippen molar-refractivity contribution in [2.24, 2.45) is 0 Å². The molecule has 1 aromatic heterocycles. The van der Waals surface area contributed by atoms with Gasteiger partial charge in [0.2, 0.25) is 5.91 Å². The largest absolute Gasteiger partial charge is 0.497 e. The van der Waals surface area contributed by atoms with E-state index in [-0.39, 0.29) is 23.8 Å². The average molecular weight is 453 g/mol. The van der Waals surface area contributed by atoms with Crippen molar-refractivity contribution in [3.8, 4) is 5.75 Å². The van der Waals surface area contributed by atoms with E-state index in [1.54, 1.807) is 49.7 Å². The van der Waals surface area contributed by atoms with Gasteiger partial charge in [-0.3, -0.25) is 9.78 Å². The number of pyridine rings is 1. The van der Waals surface area contributed by atoms with E-state index in [4.69, 9.17) is 4.74 Å². The number of sulfone groups is 1. The Kier molecular flexibility index (Phi) is 7.64. The summed E-state index contributed by atoms with van der Waals surface area (Å²) < 4.78 is 32.1. The van der Waals surface area contributed by atoms with Gasteiger partial charge in [-0.25, -0.2) is 8.42 Å². The minimum atomic E-state index is -3.75. The molecule has 0 spiro atoms. The predicted octanol–water partition coefficient (Wildman–Crippen LogP) is 4.09. The Labute approximate surface area is 189 Å². The van der Waals surface area contributed by atoms with Crippen molar-refractivity contribution in [3.05, 3.63) is 89.7 Å². The summed E-state index contributed by atoms with van der Waals surface area (Å²) in [6, 6.07) is 17.5. The van der Waals surface area contributed by atoms with Crippen LogP contribution in [0.4, 0.5) is 0 Å². The van der Waals surface area contributed by atoms with Crippen molar-refractivity contribution in [1.29, 1.82) is 0 Å². The second kappa shape index (κ2) is 10.4. The smallest absolute Gasteiger partial charge is 0.224 e. The third-order valence-electron chi connectivity index (χ3n) is 5.31. The molecular weight excluding hydrogens is 424 g/mol. The van der Waals surface area contributed by atoms with E-state index in [1.807, 2.05) is 24.3 Å². The van der Waals surface area contributed by atoms with Crippen LogP contribution in [0.3, 0.4) is 0 Å². The van der Waals surface area contributed by atoms with Crippen LogP contribution in [-0.2, 0) is 21.1 Å². The fraction of sp³-hybridized carbons (Fsp3) is 0.280. The van der Waals surface area contributed by atoms with E-state index >= 15 is 0 Å². The van der Waals surface area contributed by atoms with E-state index in [1.165, 1.54) is 6.20 Å². The van der Waals surface area contributed by atoms with Crippen molar-refractivity contribution >= 4 is 15.7 Å². The second-order valence-electron chi connectivity index (χ2n) is 7.87. The summed E-state index contributed by atoms with van der Waals surface area (Å²) in [6.07, 6.45) is 3.26. The second-order valence-corrected chi connectivity index (χ2v) is 10.0. The van der Waals surface area contributed by atoms with Crippen LogP contribution in [-0.4, -0.2) is 33.0 Å². The van der Waals surface area contributed by atoms with Crippen LogP contribution in [0.1, 0.15) is 41.7 Å². The summed E-state index contributed by atoms with van der Waals surface area (Å²) in [5.74, 6) is 0.757. The lowest BCUT2D eigenvalue weighted by Gasteiger charge is -2.19. The number of nitrogens with zero attached hydrogens (tertiary/aromatic N) is 1. The minimum absolute atomic E-state index is 0.0467. The van der Waals surface area contributed by atoms with Crippen LogP contribution in [0.5, 0.6) is 5.75 Å². The van der Waals surface area contributed by atoms with Gasteiger partial charge in [0.05, 0.1) is 18.4 Å². The lowest BCUT2D eigenvalue weighted by molar-refractivity contribution is -0.120. The number of ether oxygens (including phenoxy) is 1. The number of benzene rings is 2. The SMILES string of the molecule is COc1ccc(CC(=O)NCC(c2cccnc2)S(=O)(=O)c2ccc(C(C)C)cc2)cc1. The number of nitrogens with one attached hydrogen (secondary N) is 1. The Hall–Kier alpha value is -3.19. The zero-order chi connectivity index (χ0) is 23.1. The normalized spacial score (nSPS) is 12.4. The van der Waals surface area contributed by atoms with Gasteiger partial charge in [-0.2, -0.15) is 0 Å². The van der Waals surface area contributed by atoms with Crippen molar-refractivity contribution in [1.82, 2.24) is 10.3 Å². The van der Waals surface area contributed by atoms with Crippen LogP contribution < -0.4 is 10.1 Å². The van der Waals surface area contributed by atoms with Gasteiger partial charge >= 0.3 is 0 Å². The maximum absolute atomic E-state index is 13.5. The molecule has 0 aliphatic carbocycles. The molecule has 0 aliphatic heterocycles. The third-order valence-corrected chi connectivity index (χ3v) is 7.43. The third kappa shape index (κ3) is 5.73. The van der Waals surface area contributed by atoms with Gasteiger partial charge in [0.15, 0.2) is 9.84 Å². The van der Waals surface area contributed by atoms with Gasteiger partial charge in [-0.05, 0) is 52.9 Å². The van der Waals surface area contributed by atoms with Crippen molar-refractivity contribution in [3.63, 3.8) is 0 Å². The van der Waals surface area contributed by atoms with Gasteiger partial charge in [0.25, 0.3) is 0 Å². The molecule has 0 fully saturated rings. The summed E-state index contributed by atoms with van der Waals surface area (Å²) in [4.78, 5) is 16.8. The molecule has 1 amide bonds. The fourth-order valence-corrected chi connectivity index (χ4v) is 5.02. The molecule has 0 saturated heterocycles. The summed E-state index contributed by atoms with van der Waals surface area (Å²) in [6.45, 7) is 4.07. The summed E-state index contributed by atoms with van der Waals surface area (Å²) in [7, 11) is -2.16. The van der Waals surface area contributed by atoms with Crippen molar-refractivity contribution < 1.29 is 17.9 Å². The monoisotopic (exact) mass is 452 g/mol. The first-order valence-electron chi connectivity index (χ1n) is 10.4. The van der Waals surface area contributed by atoms with Crippen LogP contribution in [0.2, 0.25) is 0 Å². The first-order valence-corrected chi connectivity index (χ1v) is 12.0. The molecule has 3 rings (SSSR count). The molecule has 0 saturated carbocycles. The van der Waals surface area contributed by atoms with Gasteiger partial charge in [-0.15, -0.1) is 0 Å². The number of hydrogen-bond donors (Lipinski definition) is 1. The van der Waals surface area contributed by atoms with Crippen LogP contribution >= 0.6 is 0 Å². The average Bonchev–Trinajstić information content (AvgIpc) is 2.80. The molecule has 7 heteroatoms. The Morgan fingerprint density at radius 3 is 2.25 bits per heavy atom. The maximum Gasteiger partial charge on any atom is 0.224 e. The Morgan fingerprint density at radius 1 is 1.00 bits per heavy atom. The van der Waals surface area contributed by atoms with E-state index in [0.29, 0.717) is 17.2 Å². The number of rotatable bonds is 9. The molecule has 2 aromatic carbocycles. The van der Waals surface area contributed by atoms with E-state index in [0.717, 1.165) is 11.1 Å². The zero-order valence-electron chi connectivity index (χ0n) is 18.5. The van der Waals surface area contributed by atoms with E-state index in [9.17, 15) is 13.2 Å². The Morgan fingerprint density at radius 2 is 1.69 bits per heavy atom. The first-order chi connectivity index (χ1) is 15.3. The molecule has 0 radical (unpaired) electrons. The minimum Gasteiger partial charge on any atom is -0.497 e. The molecular formula is C25H28N2O4S. The lowest BCUT2D eigenvalue weighted by Crippen LogP contribution is -2.33. The molecule has 32 heavy (non-hydrogen) atoms. The highest BCUT2D eigenvalue weighted by Gasteiger charge is 2.30. The first kappa shape index (κ1) is 23.5. The molecule has 168 valence electrons. The van der Waals surface area contributed by atoms with Crippen molar-refractivity contribution in [2.45, 2.75) is 36.3 Å². The molecule has 6 nitrogen and oxygen atoms in total. The number of hydrogen-bond acceptors (Lipinski definition) is 5. The van der Waals surface area contributed by atoms with Gasteiger partial charge in [-0.1, -0.05) is 44.2 Å². The van der Waals surface area contributed by atoms with E-state index < -0.39 is 15.1 Å². The van der Waals surface area contributed by atoms with Gasteiger partial charge in [0.1, 0.15) is 11.0 Å². The number of aromatic nitrogens is 1. The van der Waals surface area contributed by atoms with Crippen LogP contribution in [0.15, 0.2) is 78.0 Å². The molecule has 1 atom stereocenters. The highest BCUT2D eigenvalue weighted by atomic mass is 32.2. The maximum atomic E-state index is 13.5. The van der Waals surface area contributed by atoms with Gasteiger partial charge < -0.3 is 10.1 Å². The quantitative estimate of drug-likeness (QED) is 0.529. The lowest BCUT2D eigenvalue weighted by atomic mass is 10.0. The van der Waals surface area contributed by atoms with Crippen LogP contribution in [0.25, 0.3) is 0 Å². The van der Waals surface area contributed by atoms with Crippen molar-refractivity contribution in [2.75, 3.05) is 13.7 Å². The van der Waals surface area contributed by atoms with Gasteiger partial charge in [0, 0.05) is 18.9 Å². The number of carbonyl (C=O) groups is 1. The standard InChI is InChI=1S/C25H28N2O4S/c1-18(2)20-8-12-23(13-9-20)32(29,30)24(21-5-4-14-26-16-21)17-27-25(28)15-19-6-10-22(31-3)11-7-19/h4-14,16,18,24H,15,17H2,1-3H3,(H,27,28). The summed E-state index contributed by atoms with van der Waals surface area (Å²) in [5, 5.41) is 1.84. The van der Waals surface area contributed by atoms with E-state index in [2.05, 4.69) is 24.1 Å². The summed E-state index contributed by atoms with van der Waals surface area (Å²) in [5.41, 5.74) is 2.41. The molecule has 1 N–H and O–H groups in total. The highest BCUT2D eigenvalue weighted by molar-refractivity contribution is 7.91.